The van der Waals surface area contributed by atoms with Crippen LogP contribution in [-0.4, -0.2) is 7.05 Å². The Morgan fingerprint density at radius 2 is 1.95 bits per heavy atom. The van der Waals surface area contributed by atoms with Crippen LogP contribution in [0.3, 0.4) is 0 Å². The molecule has 0 saturated carbocycles. The molecule has 2 rings (SSSR count). The van der Waals surface area contributed by atoms with E-state index in [2.05, 4.69) is 15.9 Å². The number of benzene rings is 2. The molecule has 0 N–H and O–H groups in total. The third-order valence-corrected chi connectivity index (χ3v) is 4.62. The molecule has 0 aromatic heterocycles. The smallest absolute Gasteiger partial charge is 0.161 e. The van der Waals surface area contributed by atoms with Gasteiger partial charge in [0.2, 0.25) is 0 Å². The minimum atomic E-state index is -0.449. The molecule has 0 aliphatic carbocycles. The minimum absolute atomic E-state index is 0.104. The third-order valence-electron chi connectivity index (χ3n) is 3.50. The van der Waals surface area contributed by atoms with Crippen LogP contribution >= 0.6 is 27.5 Å². The maximum absolute atomic E-state index is 14.4. The minimum Gasteiger partial charge on any atom is -0.365 e. The van der Waals surface area contributed by atoms with E-state index in [0.29, 0.717) is 10.7 Å². The lowest BCUT2D eigenvalue weighted by Gasteiger charge is -2.28. The highest BCUT2D eigenvalue weighted by atomic mass is 79.9. The molecule has 0 aliphatic heterocycles. The molecular weight excluding hydrogens is 355 g/mol. The summed E-state index contributed by atoms with van der Waals surface area (Å²) < 4.78 is 14.6. The van der Waals surface area contributed by atoms with Gasteiger partial charge < -0.3 is 4.90 Å². The molecule has 5 heteroatoms. The van der Waals surface area contributed by atoms with Gasteiger partial charge in [-0.05, 0) is 46.6 Å². The van der Waals surface area contributed by atoms with Crippen LogP contribution in [0.5, 0.6) is 0 Å². The Bertz CT molecular complexity index is 712. The van der Waals surface area contributed by atoms with Crippen molar-refractivity contribution in [3.8, 4) is 6.07 Å². The first-order valence-electron chi connectivity index (χ1n) is 6.32. The Balaban J connectivity index is 2.41. The van der Waals surface area contributed by atoms with Crippen molar-refractivity contribution in [2.45, 2.75) is 13.0 Å². The van der Waals surface area contributed by atoms with Crippen LogP contribution in [0.1, 0.15) is 24.1 Å². The molecule has 0 saturated heterocycles. The normalized spacial score (nSPS) is 11.8. The molecule has 2 aromatic rings. The second kappa shape index (κ2) is 6.46. The van der Waals surface area contributed by atoms with Gasteiger partial charge in [-0.25, -0.2) is 4.39 Å². The van der Waals surface area contributed by atoms with Gasteiger partial charge in [0, 0.05) is 12.1 Å². The third kappa shape index (κ3) is 3.04. The zero-order valence-corrected chi connectivity index (χ0v) is 13.9. The second-order valence-corrected chi connectivity index (χ2v) is 5.88. The second-order valence-electron chi connectivity index (χ2n) is 4.68. The molecule has 0 radical (unpaired) electrons. The maximum Gasteiger partial charge on any atom is 0.161 e. The summed E-state index contributed by atoms with van der Waals surface area (Å²) in [5.41, 5.74) is 1.60. The van der Waals surface area contributed by atoms with Crippen molar-refractivity contribution in [2.75, 3.05) is 11.9 Å². The zero-order chi connectivity index (χ0) is 15.6. The van der Waals surface area contributed by atoms with Crippen molar-refractivity contribution >= 4 is 33.2 Å². The summed E-state index contributed by atoms with van der Waals surface area (Å²) in [6, 6.07) is 12.5. The van der Waals surface area contributed by atoms with Gasteiger partial charge in [0.05, 0.1) is 21.8 Å². The number of nitrogens with zero attached hydrogens (tertiary/aromatic N) is 2. The SMILES string of the molecule is CC(c1ccccc1Cl)N(C)c1ccc(C#N)c(Br)c1F. The van der Waals surface area contributed by atoms with Crippen LogP contribution < -0.4 is 4.90 Å². The van der Waals surface area contributed by atoms with Crippen LogP contribution in [0.2, 0.25) is 5.02 Å². The summed E-state index contributed by atoms with van der Waals surface area (Å²) in [5, 5.41) is 9.56. The number of hydrogen-bond acceptors (Lipinski definition) is 2. The zero-order valence-electron chi connectivity index (χ0n) is 11.6. The topological polar surface area (TPSA) is 27.0 Å². The fraction of sp³-hybridized carbons (Fsp3) is 0.188. The lowest BCUT2D eigenvalue weighted by Crippen LogP contribution is -2.23. The summed E-state index contributed by atoms with van der Waals surface area (Å²) in [4.78, 5) is 1.79. The number of nitriles is 1. The van der Waals surface area contributed by atoms with Crippen molar-refractivity contribution in [1.29, 1.82) is 5.26 Å². The van der Waals surface area contributed by atoms with Crippen molar-refractivity contribution in [2.24, 2.45) is 0 Å². The molecule has 0 spiro atoms. The Morgan fingerprint density at radius 3 is 2.57 bits per heavy atom. The van der Waals surface area contributed by atoms with Crippen molar-refractivity contribution in [3.05, 3.63) is 62.8 Å². The van der Waals surface area contributed by atoms with Gasteiger partial charge >= 0.3 is 0 Å². The van der Waals surface area contributed by atoms with Crippen LogP contribution in [0.25, 0.3) is 0 Å². The average Bonchev–Trinajstić information content (AvgIpc) is 2.49. The van der Waals surface area contributed by atoms with Crippen LogP contribution in [0.4, 0.5) is 10.1 Å². The van der Waals surface area contributed by atoms with Crippen molar-refractivity contribution < 1.29 is 4.39 Å². The van der Waals surface area contributed by atoms with Crippen LogP contribution in [0.15, 0.2) is 40.9 Å². The van der Waals surface area contributed by atoms with Crippen LogP contribution in [0, 0.1) is 17.1 Å². The lowest BCUT2D eigenvalue weighted by atomic mass is 10.1. The number of halogens is 3. The van der Waals surface area contributed by atoms with E-state index in [1.165, 1.54) is 0 Å². The highest BCUT2D eigenvalue weighted by Crippen LogP contribution is 2.34. The van der Waals surface area contributed by atoms with E-state index in [4.69, 9.17) is 16.9 Å². The van der Waals surface area contributed by atoms with Gasteiger partial charge in [-0.3, -0.25) is 0 Å². The van der Waals surface area contributed by atoms with Crippen molar-refractivity contribution in [1.82, 2.24) is 0 Å². The molecule has 108 valence electrons. The van der Waals surface area contributed by atoms with E-state index in [1.807, 2.05) is 37.3 Å². The monoisotopic (exact) mass is 366 g/mol. The van der Waals surface area contributed by atoms with Gasteiger partial charge in [-0.15, -0.1) is 0 Å². The molecule has 1 unspecified atom stereocenters. The molecular formula is C16H13BrClFN2. The van der Waals surface area contributed by atoms with E-state index in [-0.39, 0.29) is 16.1 Å². The Hall–Kier alpha value is -1.57. The largest absolute Gasteiger partial charge is 0.365 e. The van der Waals surface area contributed by atoms with E-state index in [0.717, 1.165) is 5.56 Å². The standard InChI is InChI=1S/C16H13BrClFN2/c1-10(12-5-3-4-6-13(12)18)21(2)14-8-7-11(9-20)15(17)16(14)19/h3-8,10H,1-2H3. The highest BCUT2D eigenvalue weighted by molar-refractivity contribution is 9.10. The van der Waals surface area contributed by atoms with Crippen molar-refractivity contribution in [3.63, 3.8) is 0 Å². The fourth-order valence-corrected chi connectivity index (χ4v) is 2.85. The average molecular weight is 368 g/mol. The quantitative estimate of drug-likeness (QED) is 0.735. The Morgan fingerprint density at radius 1 is 1.29 bits per heavy atom. The van der Waals surface area contributed by atoms with Crippen LogP contribution in [-0.2, 0) is 0 Å². The van der Waals surface area contributed by atoms with Gasteiger partial charge in [0.15, 0.2) is 5.82 Å². The number of anilines is 1. The number of rotatable bonds is 3. The maximum atomic E-state index is 14.4. The molecule has 0 fully saturated rings. The molecule has 0 bridgehead atoms. The Labute approximate surface area is 136 Å². The predicted octanol–water partition coefficient (Wildman–Crippen LogP) is 5.31. The lowest BCUT2D eigenvalue weighted by molar-refractivity contribution is 0.605. The molecule has 2 aromatic carbocycles. The molecule has 2 nitrogen and oxygen atoms in total. The molecule has 21 heavy (non-hydrogen) atoms. The van der Waals surface area contributed by atoms with E-state index in [1.54, 1.807) is 24.1 Å². The van der Waals surface area contributed by atoms with E-state index in [9.17, 15) is 4.39 Å². The molecule has 0 amide bonds. The first kappa shape index (κ1) is 15.8. The summed E-state index contributed by atoms with van der Waals surface area (Å²) in [6.45, 7) is 1.95. The predicted molar refractivity (Wildman–Crippen MR) is 87.1 cm³/mol. The molecule has 1 atom stereocenters. The van der Waals surface area contributed by atoms with Gasteiger partial charge in [0.1, 0.15) is 6.07 Å². The first-order chi connectivity index (χ1) is 9.97. The fourth-order valence-electron chi connectivity index (χ4n) is 2.13. The number of hydrogen-bond donors (Lipinski definition) is 0. The first-order valence-corrected chi connectivity index (χ1v) is 7.49. The van der Waals surface area contributed by atoms with E-state index < -0.39 is 5.82 Å². The Kier molecular flexibility index (Phi) is 4.87. The van der Waals surface area contributed by atoms with E-state index >= 15 is 0 Å². The molecule has 0 heterocycles. The highest BCUT2D eigenvalue weighted by Gasteiger charge is 2.20. The molecule has 0 aliphatic rings. The summed E-state index contributed by atoms with van der Waals surface area (Å²) >= 11 is 9.33. The van der Waals surface area contributed by atoms with Gasteiger partial charge in [-0.1, -0.05) is 29.8 Å². The van der Waals surface area contributed by atoms with Gasteiger partial charge in [0.25, 0.3) is 0 Å². The van der Waals surface area contributed by atoms with Gasteiger partial charge in [-0.2, -0.15) is 5.26 Å². The summed E-state index contributed by atoms with van der Waals surface area (Å²) in [5.74, 6) is -0.449. The summed E-state index contributed by atoms with van der Waals surface area (Å²) in [6.07, 6.45) is 0. The summed E-state index contributed by atoms with van der Waals surface area (Å²) in [7, 11) is 1.80.